The fraction of sp³-hybridized carbons (Fsp3) is 0. The van der Waals surface area contributed by atoms with E-state index in [4.69, 9.17) is 0 Å². The van der Waals surface area contributed by atoms with Crippen LogP contribution >= 0.6 is 7.80 Å². The molecule has 2 rings (SSSR count). The predicted molar refractivity (Wildman–Crippen MR) is 66.4 cm³/mol. The molecule has 1 atom stereocenters. The van der Waals surface area contributed by atoms with E-state index in [0.29, 0.717) is 10.6 Å². The molecule has 1 unspecified atom stereocenters. The van der Waals surface area contributed by atoms with Crippen molar-refractivity contribution in [1.29, 1.82) is 0 Å². The van der Waals surface area contributed by atoms with Crippen molar-refractivity contribution in [2.75, 3.05) is 0 Å². The minimum Gasteiger partial charge on any atom is -0.258 e. The zero-order valence-electron chi connectivity index (χ0n) is 8.82. The van der Waals surface area contributed by atoms with Gasteiger partial charge in [-0.2, -0.15) is 0 Å². The van der Waals surface area contributed by atoms with E-state index in [-0.39, 0.29) is 5.69 Å². The molecule has 0 saturated heterocycles. The summed E-state index contributed by atoms with van der Waals surface area (Å²) in [6, 6.07) is 14.8. The van der Waals surface area contributed by atoms with Crippen LogP contribution in [0.1, 0.15) is 0 Å². The third-order valence-electron chi connectivity index (χ3n) is 2.27. The Balaban J connectivity index is 2.38. The molecule has 4 nitrogen and oxygen atoms in total. The molecule has 5 heteroatoms. The van der Waals surface area contributed by atoms with Gasteiger partial charge >= 0.3 is 7.80 Å². The van der Waals surface area contributed by atoms with Gasteiger partial charge in [0.2, 0.25) is 5.30 Å². The second-order valence-electron chi connectivity index (χ2n) is 3.41. The van der Waals surface area contributed by atoms with Crippen LogP contribution in [0.3, 0.4) is 0 Å². The number of non-ortho nitro benzene ring substituents is 1. The lowest BCUT2D eigenvalue weighted by Gasteiger charge is -1.91. The van der Waals surface area contributed by atoms with Gasteiger partial charge in [0.1, 0.15) is 0 Å². The Morgan fingerprint density at radius 2 is 1.59 bits per heavy atom. The molecule has 0 aliphatic heterocycles. The molecule has 0 spiro atoms. The molecule has 0 aromatic heterocycles. The number of nitrogens with zero attached hydrogens (tertiary/aromatic N) is 1. The van der Waals surface area contributed by atoms with Gasteiger partial charge in [-0.3, -0.25) is 10.1 Å². The number of hydrogen-bond acceptors (Lipinski definition) is 3. The highest BCUT2D eigenvalue weighted by Gasteiger charge is 2.24. The summed E-state index contributed by atoms with van der Waals surface area (Å²) in [5, 5.41) is 11.8. The second kappa shape index (κ2) is 4.85. The fourth-order valence-corrected chi connectivity index (χ4v) is 2.66. The minimum atomic E-state index is -1.77. The number of benzene rings is 2. The smallest absolute Gasteiger partial charge is 0.258 e. The van der Waals surface area contributed by atoms with E-state index in [1.54, 1.807) is 36.4 Å². The van der Waals surface area contributed by atoms with Crippen LogP contribution in [0.5, 0.6) is 0 Å². The second-order valence-corrected chi connectivity index (χ2v) is 5.03. The molecular weight excluding hydrogens is 237 g/mol. The van der Waals surface area contributed by atoms with Gasteiger partial charge in [-0.25, -0.2) is 0 Å². The quantitative estimate of drug-likeness (QED) is 0.474. The summed E-state index contributed by atoms with van der Waals surface area (Å²) in [4.78, 5) is 10.1. The van der Waals surface area contributed by atoms with Crippen LogP contribution in [0, 0.1) is 10.1 Å². The van der Waals surface area contributed by atoms with Crippen LogP contribution in [0.2, 0.25) is 0 Å². The Hall–Kier alpha value is -2.06. The molecule has 84 valence electrons. The van der Waals surface area contributed by atoms with E-state index in [1.165, 1.54) is 12.1 Å². The normalized spacial score (nSPS) is 10.9. The first-order chi connectivity index (χ1) is 8.18. The lowest BCUT2D eigenvalue weighted by atomic mass is 10.3. The van der Waals surface area contributed by atoms with Crippen molar-refractivity contribution in [2.24, 2.45) is 0 Å². The van der Waals surface area contributed by atoms with Crippen molar-refractivity contribution in [2.45, 2.75) is 0 Å². The maximum atomic E-state index is 12.1. The molecule has 0 N–H and O–H groups in total. The van der Waals surface area contributed by atoms with Crippen LogP contribution in [0.25, 0.3) is 0 Å². The van der Waals surface area contributed by atoms with E-state index in [0.717, 1.165) is 0 Å². The molecule has 0 amide bonds. The highest BCUT2D eigenvalue weighted by molar-refractivity contribution is 7.61. The van der Waals surface area contributed by atoms with E-state index in [9.17, 15) is 14.7 Å². The van der Waals surface area contributed by atoms with Crippen molar-refractivity contribution in [3.63, 3.8) is 0 Å². The van der Waals surface area contributed by atoms with Gasteiger partial charge in [0.05, 0.1) is 11.0 Å². The predicted octanol–water partition coefficient (Wildman–Crippen LogP) is 2.37. The van der Waals surface area contributed by atoms with E-state index in [1.807, 2.05) is 6.07 Å². The van der Waals surface area contributed by atoms with Crippen molar-refractivity contribution in [3.8, 4) is 0 Å². The fourth-order valence-electron chi connectivity index (χ4n) is 1.45. The summed E-state index contributed by atoms with van der Waals surface area (Å²) in [5.74, 6) is 0. The first kappa shape index (κ1) is 11.4. The van der Waals surface area contributed by atoms with Crippen LogP contribution in [-0.4, -0.2) is 4.92 Å². The van der Waals surface area contributed by atoms with Gasteiger partial charge in [-0.05, 0) is 18.2 Å². The number of rotatable bonds is 3. The molecule has 0 saturated carbocycles. The SMILES string of the molecule is O=[N+]([O-])c1cccc([P+](=O)c2ccccc2)c1. The average Bonchev–Trinajstić information content (AvgIpc) is 2.39. The van der Waals surface area contributed by atoms with Crippen molar-refractivity contribution in [1.82, 2.24) is 0 Å². The molecule has 0 bridgehead atoms. The number of nitro groups is 1. The summed E-state index contributed by atoms with van der Waals surface area (Å²) < 4.78 is 12.1. The summed E-state index contributed by atoms with van der Waals surface area (Å²) in [6.45, 7) is 0. The van der Waals surface area contributed by atoms with Crippen LogP contribution in [0.15, 0.2) is 54.6 Å². The Morgan fingerprint density at radius 1 is 0.941 bits per heavy atom. The van der Waals surface area contributed by atoms with Gasteiger partial charge in [-0.15, -0.1) is 0 Å². The zero-order valence-corrected chi connectivity index (χ0v) is 9.71. The molecule has 0 aliphatic rings. The molecule has 0 heterocycles. The summed E-state index contributed by atoms with van der Waals surface area (Å²) in [7, 11) is -1.77. The minimum absolute atomic E-state index is 0.0400. The Morgan fingerprint density at radius 3 is 2.24 bits per heavy atom. The molecule has 2 aromatic carbocycles. The molecule has 0 aliphatic carbocycles. The number of nitro benzene ring substituents is 1. The maximum Gasteiger partial charge on any atom is 0.415 e. The lowest BCUT2D eigenvalue weighted by Crippen LogP contribution is -2.06. The standard InChI is InChI=1S/C12H9NO3P/c14-13(15)10-5-4-8-12(9-10)17(16)11-6-2-1-3-7-11/h1-9H/q+1. The van der Waals surface area contributed by atoms with Crippen molar-refractivity contribution >= 4 is 24.1 Å². The van der Waals surface area contributed by atoms with Gasteiger partial charge in [0, 0.05) is 6.07 Å². The van der Waals surface area contributed by atoms with Crippen LogP contribution in [0.4, 0.5) is 5.69 Å². The summed E-state index contributed by atoms with van der Waals surface area (Å²) in [6.07, 6.45) is 0. The van der Waals surface area contributed by atoms with Crippen molar-refractivity contribution in [3.05, 3.63) is 64.7 Å². The first-order valence-electron chi connectivity index (χ1n) is 4.95. The monoisotopic (exact) mass is 246 g/mol. The summed E-state index contributed by atoms with van der Waals surface area (Å²) >= 11 is 0. The third-order valence-corrected chi connectivity index (χ3v) is 3.78. The molecular formula is C12H9NO3P+. The average molecular weight is 246 g/mol. The van der Waals surface area contributed by atoms with E-state index in [2.05, 4.69) is 0 Å². The first-order valence-corrected chi connectivity index (χ1v) is 6.21. The Labute approximate surface area is 98.8 Å². The van der Waals surface area contributed by atoms with Crippen LogP contribution in [-0.2, 0) is 4.57 Å². The molecule has 17 heavy (non-hydrogen) atoms. The molecule has 0 radical (unpaired) electrons. The molecule has 2 aromatic rings. The highest BCUT2D eigenvalue weighted by Crippen LogP contribution is 2.21. The highest BCUT2D eigenvalue weighted by atomic mass is 31.1. The Bertz CT molecular complexity index is 569. The topological polar surface area (TPSA) is 60.2 Å². The van der Waals surface area contributed by atoms with Gasteiger partial charge in [0.15, 0.2) is 5.30 Å². The van der Waals surface area contributed by atoms with Crippen LogP contribution < -0.4 is 10.6 Å². The van der Waals surface area contributed by atoms with E-state index < -0.39 is 12.7 Å². The largest absolute Gasteiger partial charge is 0.415 e. The number of hydrogen-bond donors (Lipinski definition) is 0. The lowest BCUT2D eigenvalue weighted by molar-refractivity contribution is -0.384. The van der Waals surface area contributed by atoms with Gasteiger partial charge < -0.3 is 0 Å². The Kier molecular flexibility index (Phi) is 3.26. The maximum absolute atomic E-state index is 12.1. The zero-order chi connectivity index (χ0) is 12.3. The van der Waals surface area contributed by atoms with Gasteiger partial charge in [-0.1, -0.05) is 28.8 Å². The van der Waals surface area contributed by atoms with Gasteiger partial charge in [0.25, 0.3) is 5.69 Å². The van der Waals surface area contributed by atoms with E-state index >= 15 is 0 Å². The third kappa shape index (κ3) is 2.55. The molecule has 0 fully saturated rings. The summed E-state index contributed by atoms with van der Waals surface area (Å²) in [5.41, 5.74) is -0.0400. The van der Waals surface area contributed by atoms with Crippen molar-refractivity contribution < 1.29 is 9.49 Å².